The van der Waals surface area contributed by atoms with Crippen LogP contribution < -0.4 is 4.74 Å². The minimum absolute atomic E-state index is 0.466. The zero-order valence-corrected chi connectivity index (χ0v) is 11.1. The Balaban J connectivity index is 2.86. The second kappa shape index (κ2) is 5.24. The highest BCUT2D eigenvalue weighted by Gasteiger charge is 2.09. The molecule has 0 spiro atoms. The summed E-state index contributed by atoms with van der Waals surface area (Å²) in [5.74, 6) is 1.12. The molecule has 0 amide bonds. The van der Waals surface area contributed by atoms with Crippen LogP contribution in [-0.2, 0) is 0 Å². The van der Waals surface area contributed by atoms with Crippen molar-refractivity contribution in [3.63, 3.8) is 0 Å². The van der Waals surface area contributed by atoms with Gasteiger partial charge in [0.2, 0.25) is 0 Å². The van der Waals surface area contributed by atoms with Crippen LogP contribution in [0.25, 0.3) is 0 Å². The summed E-state index contributed by atoms with van der Waals surface area (Å²) >= 11 is 15.1. The molecule has 0 heterocycles. The Morgan fingerprint density at radius 1 is 1.36 bits per heavy atom. The summed E-state index contributed by atoms with van der Waals surface area (Å²) in [7, 11) is 0. The van der Waals surface area contributed by atoms with Crippen molar-refractivity contribution in [2.75, 3.05) is 6.61 Å². The fourth-order valence-corrected chi connectivity index (χ4v) is 2.29. The first-order valence-electron chi connectivity index (χ1n) is 4.28. The standard InChI is InChI=1S/C10H11BrCl2O/c1-6(2)5-14-10-8(11)3-7(12)4-9(10)13/h3-4,6H,5H2,1-2H3. The van der Waals surface area contributed by atoms with Crippen LogP contribution in [-0.4, -0.2) is 6.61 Å². The lowest BCUT2D eigenvalue weighted by molar-refractivity contribution is 0.269. The molecule has 14 heavy (non-hydrogen) atoms. The third kappa shape index (κ3) is 3.34. The van der Waals surface area contributed by atoms with Crippen LogP contribution in [0.2, 0.25) is 10.0 Å². The van der Waals surface area contributed by atoms with E-state index in [0.29, 0.717) is 28.3 Å². The molecule has 0 radical (unpaired) electrons. The van der Waals surface area contributed by atoms with Gasteiger partial charge in [-0.15, -0.1) is 0 Å². The minimum Gasteiger partial charge on any atom is -0.491 e. The first kappa shape index (κ1) is 12.2. The Hall–Kier alpha value is 0.0800. The highest BCUT2D eigenvalue weighted by molar-refractivity contribution is 9.10. The van der Waals surface area contributed by atoms with Gasteiger partial charge in [0.25, 0.3) is 0 Å². The third-order valence-corrected chi connectivity index (χ3v) is 2.61. The van der Waals surface area contributed by atoms with Crippen LogP contribution in [0.3, 0.4) is 0 Å². The highest BCUT2D eigenvalue weighted by atomic mass is 79.9. The smallest absolute Gasteiger partial charge is 0.152 e. The van der Waals surface area contributed by atoms with E-state index in [2.05, 4.69) is 29.8 Å². The molecule has 0 unspecified atom stereocenters. The molecule has 0 N–H and O–H groups in total. The number of ether oxygens (including phenoxy) is 1. The van der Waals surface area contributed by atoms with E-state index in [4.69, 9.17) is 27.9 Å². The summed E-state index contributed by atoms with van der Waals surface area (Å²) in [6.45, 7) is 4.80. The van der Waals surface area contributed by atoms with Crippen molar-refractivity contribution in [3.05, 3.63) is 26.7 Å². The number of benzene rings is 1. The topological polar surface area (TPSA) is 9.23 Å². The lowest BCUT2D eigenvalue weighted by Crippen LogP contribution is -2.05. The fraction of sp³-hybridized carbons (Fsp3) is 0.400. The predicted octanol–water partition coefficient (Wildman–Crippen LogP) is 4.79. The van der Waals surface area contributed by atoms with Gasteiger partial charge >= 0.3 is 0 Å². The zero-order chi connectivity index (χ0) is 10.7. The van der Waals surface area contributed by atoms with Gasteiger partial charge in [0.05, 0.1) is 16.1 Å². The summed E-state index contributed by atoms with van der Waals surface area (Å²) in [6, 6.07) is 3.44. The molecule has 0 bridgehead atoms. The Bertz CT molecular complexity index is 303. The van der Waals surface area contributed by atoms with Gasteiger partial charge < -0.3 is 4.74 Å². The fourth-order valence-electron chi connectivity index (χ4n) is 0.917. The molecule has 1 aromatic carbocycles. The Labute approximate surface area is 102 Å². The second-order valence-electron chi connectivity index (χ2n) is 3.40. The summed E-state index contributed by atoms with van der Waals surface area (Å²) in [5, 5.41) is 1.13. The molecule has 0 aromatic heterocycles. The SMILES string of the molecule is CC(C)COc1c(Cl)cc(Cl)cc1Br. The predicted molar refractivity (Wildman–Crippen MR) is 64.5 cm³/mol. The van der Waals surface area contributed by atoms with E-state index in [1.165, 1.54) is 0 Å². The van der Waals surface area contributed by atoms with E-state index in [1.807, 2.05) is 0 Å². The molecule has 1 aromatic rings. The Kier molecular flexibility index (Phi) is 4.55. The lowest BCUT2D eigenvalue weighted by Gasteiger charge is -2.12. The van der Waals surface area contributed by atoms with E-state index >= 15 is 0 Å². The largest absolute Gasteiger partial charge is 0.491 e. The van der Waals surface area contributed by atoms with Gasteiger partial charge in [-0.3, -0.25) is 0 Å². The van der Waals surface area contributed by atoms with Gasteiger partial charge in [-0.25, -0.2) is 0 Å². The van der Waals surface area contributed by atoms with Crippen molar-refractivity contribution >= 4 is 39.1 Å². The molecular formula is C10H11BrCl2O. The lowest BCUT2D eigenvalue weighted by atomic mass is 10.2. The first-order chi connectivity index (χ1) is 6.50. The van der Waals surface area contributed by atoms with Gasteiger partial charge in [-0.1, -0.05) is 37.0 Å². The Morgan fingerprint density at radius 2 is 2.00 bits per heavy atom. The van der Waals surface area contributed by atoms with Crippen LogP contribution in [0.1, 0.15) is 13.8 Å². The number of hydrogen-bond donors (Lipinski definition) is 0. The summed E-state index contributed by atoms with van der Waals surface area (Å²) in [6.07, 6.45) is 0. The van der Waals surface area contributed by atoms with Crippen molar-refractivity contribution in [2.24, 2.45) is 5.92 Å². The molecule has 0 aliphatic heterocycles. The molecule has 0 fully saturated rings. The molecular weight excluding hydrogens is 287 g/mol. The Morgan fingerprint density at radius 3 is 2.50 bits per heavy atom. The van der Waals surface area contributed by atoms with Crippen LogP contribution >= 0.6 is 39.1 Å². The number of hydrogen-bond acceptors (Lipinski definition) is 1. The van der Waals surface area contributed by atoms with E-state index in [-0.39, 0.29) is 0 Å². The molecule has 0 atom stereocenters. The van der Waals surface area contributed by atoms with Crippen LogP contribution in [0.4, 0.5) is 0 Å². The van der Waals surface area contributed by atoms with Gasteiger partial charge in [-0.2, -0.15) is 0 Å². The van der Waals surface area contributed by atoms with Crippen LogP contribution in [0.5, 0.6) is 5.75 Å². The molecule has 0 saturated carbocycles. The van der Waals surface area contributed by atoms with E-state index in [1.54, 1.807) is 12.1 Å². The second-order valence-corrected chi connectivity index (χ2v) is 5.10. The monoisotopic (exact) mass is 296 g/mol. The van der Waals surface area contributed by atoms with E-state index in [0.717, 1.165) is 4.47 Å². The molecule has 0 aliphatic carbocycles. The van der Waals surface area contributed by atoms with Gasteiger partial charge in [0.15, 0.2) is 5.75 Å². The van der Waals surface area contributed by atoms with Crippen molar-refractivity contribution in [1.82, 2.24) is 0 Å². The maximum absolute atomic E-state index is 5.98. The number of rotatable bonds is 3. The first-order valence-corrected chi connectivity index (χ1v) is 5.83. The average molecular weight is 298 g/mol. The van der Waals surface area contributed by atoms with E-state index in [9.17, 15) is 0 Å². The quantitative estimate of drug-likeness (QED) is 0.779. The molecule has 0 aliphatic rings. The number of halogens is 3. The molecule has 78 valence electrons. The highest BCUT2D eigenvalue weighted by Crippen LogP contribution is 2.36. The van der Waals surface area contributed by atoms with Gasteiger partial charge in [0.1, 0.15) is 0 Å². The van der Waals surface area contributed by atoms with Crippen LogP contribution in [0, 0.1) is 5.92 Å². The summed E-state index contributed by atoms with van der Waals surface area (Å²) < 4.78 is 6.33. The molecule has 4 heteroatoms. The molecule has 1 rings (SSSR count). The maximum atomic E-state index is 5.98. The summed E-state index contributed by atoms with van der Waals surface area (Å²) in [5.41, 5.74) is 0. The third-order valence-electron chi connectivity index (χ3n) is 1.52. The van der Waals surface area contributed by atoms with Crippen molar-refractivity contribution < 1.29 is 4.74 Å². The maximum Gasteiger partial charge on any atom is 0.152 e. The van der Waals surface area contributed by atoms with Gasteiger partial charge in [-0.05, 0) is 34.0 Å². The normalized spacial score (nSPS) is 10.7. The average Bonchev–Trinajstić information content (AvgIpc) is 2.01. The molecule has 0 saturated heterocycles. The van der Waals surface area contributed by atoms with E-state index < -0.39 is 0 Å². The van der Waals surface area contributed by atoms with Crippen molar-refractivity contribution in [3.8, 4) is 5.75 Å². The van der Waals surface area contributed by atoms with Crippen molar-refractivity contribution in [1.29, 1.82) is 0 Å². The van der Waals surface area contributed by atoms with Crippen LogP contribution in [0.15, 0.2) is 16.6 Å². The minimum atomic E-state index is 0.466. The summed E-state index contributed by atoms with van der Waals surface area (Å²) in [4.78, 5) is 0. The van der Waals surface area contributed by atoms with Crippen molar-refractivity contribution in [2.45, 2.75) is 13.8 Å². The molecule has 1 nitrogen and oxygen atoms in total. The zero-order valence-electron chi connectivity index (χ0n) is 7.98. The van der Waals surface area contributed by atoms with Gasteiger partial charge in [0, 0.05) is 5.02 Å².